The van der Waals surface area contributed by atoms with Gasteiger partial charge in [-0.25, -0.2) is 0 Å². The summed E-state index contributed by atoms with van der Waals surface area (Å²) in [6, 6.07) is 23.0. The Morgan fingerprint density at radius 2 is 1.73 bits per heavy atom. The van der Waals surface area contributed by atoms with Gasteiger partial charge in [0, 0.05) is 41.1 Å². The summed E-state index contributed by atoms with van der Waals surface area (Å²) in [6.45, 7) is 1.65. The first-order valence-corrected chi connectivity index (χ1v) is 10.8. The molecule has 1 aromatic heterocycles. The molecule has 0 saturated carbocycles. The zero-order chi connectivity index (χ0) is 23.0. The van der Waals surface area contributed by atoms with Crippen LogP contribution in [-0.4, -0.2) is 48.2 Å². The first-order valence-electron chi connectivity index (χ1n) is 10.8. The second kappa shape index (κ2) is 10.5. The lowest BCUT2D eigenvalue weighted by atomic mass is 10.2. The molecule has 7 heteroatoms. The van der Waals surface area contributed by atoms with Crippen LogP contribution in [0.5, 0.6) is 0 Å². The van der Waals surface area contributed by atoms with Crippen LogP contribution >= 0.6 is 0 Å². The highest BCUT2D eigenvalue weighted by Crippen LogP contribution is 2.25. The smallest absolute Gasteiger partial charge is 0.255 e. The Hall–Kier alpha value is -4.10. The van der Waals surface area contributed by atoms with E-state index in [0.717, 1.165) is 41.2 Å². The number of nitrogens with zero attached hydrogens (tertiary/aromatic N) is 2. The molecule has 0 radical (unpaired) electrons. The highest BCUT2D eigenvalue weighted by molar-refractivity contribution is 6.04. The van der Waals surface area contributed by atoms with Gasteiger partial charge >= 0.3 is 0 Å². The van der Waals surface area contributed by atoms with Crippen LogP contribution < -0.4 is 16.0 Å². The maximum Gasteiger partial charge on any atom is 0.255 e. The van der Waals surface area contributed by atoms with Crippen LogP contribution in [0.25, 0.3) is 10.9 Å². The van der Waals surface area contributed by atoms with Crippen molar-refractivity contribution >= 4 is 39.7 Å². The van der Waals surface area contributed by atoms with Gasteiger partial charge < -0.3 is 20.9 Å². The van der Waals surface area contributed by atoms with Gasteiger partial charge in [-0.1, -0.05) is 30.4 Å². The highest BCUT2D eigenvalue weighted by Gasteiger charge is 2.08. The number of anilines is 4. The lowest BCUT2D eigenvalue weighted by Crippen LogP contribution is -2.12. The van der Waals surface area contributed by atoms with E-state index in [1.165, 1.54) is 0 Å². The van der Waals surface area contributed by atoms with Crippen LogP contribution in [-0.2, 0) is 0 Å². The molecule has 4 rings (SSSR count). The number of hydrogen-bond acceptors (Lipinski definition) is 5. The van der Waals surface area contributed by atoms with E-state index < -0.39 is 0 Å². The van der Waals surface area contributed by atoms with Crippen molar-refractivity contribution in [2.45, 2.75) is 0 Å². The number of carbonyl (C=O) groups is 1. The Labute approximate surface area is 193 Å². The number of H-pyrrole nitrogens is 1. The van der Waals surface area contributed by atoms with Gasteiger partial charge in [-0.3, -0.25) is 9.89 Å². The summed E-state index contributed by atoms with van der Waals surface area (Å²) < 4.78 is 0. The summed E-state index contributed by atoms with van der Waals surface area (Å²) in [5.41, 5.74) is 4.08. The Bertz CT molecular complexity index is 1240. The molecule has 4 N–H and O–H groups in total. The Kier molecular flexibility index (Phi) is 7.02. The van der Waals surface area contributed by atoms with Crippen molar-refractivity contribution < 1.29 is 4.79 Å². The van der Waals surface area contributed by atoms with Crippen molar-refractivity contribution in [2.24, 2.45) is 0 Å². The molecule has 0 atom stereocenters. The molecule has 1 heterocycles. The van der Waals surface area contributed by atoms with Crippen molar-refractivity contribution in [1.82, 2.24) is 15.1 Å². The van der Waals surface area contributed by atoms with Crippen LogP contribution in [0.1, 0.15) is 10.4 Å². The first kappa shape index (κ1) is 22.1. The van der Waals surface area contributed by atoms with E-state index in [1.807, 2.05) is 86.9 Å². The van der Waals surface area contributed by atoms with Gasteiger partial charge in [0.25, 0.3) is 5.91 Å². The molecule has 33 heavy (non-hydrogen) atoms. The first-order chi connectivity index (χ1) is 16.1. The lowest BCUT2D eigenvalue weighted by molar-refractivity contribution is 0.102. The average molecular weight is 441 g/mol. The van der Waals surface area contributed by atoms with Gasteiger partial charge in [0.1, 0.15) is 0 Å². The van der Waals surface area contributed by atoms with Gasteiger partial charge in [-0.05, 0) is 68.7 Å². The van der Waals surface area contributed by atoms with Gasteiger partial charge in [0.2, 0.25) is 0 Å². The average Bonchev–Trinajstić information content (AvgIpc) is 3.22. The van der Waals surface area contributed by atoms with Crippen LogP contribution in [0, 0.1) is 0 Å². The maximum absolute atomic E-state index is 12.7. The number of likely N-dealkylation sites (N-methyl/N-ethyl adjacent to an activating group) is 1. The standard InChI is InChI=1S/C26H28N6O/c1-32(2)17-6-5-16-27-20-14-12-19(13-15-20)26(33)29-22-9-7-8-21(18-22)28-25-23-10-3-4-11-24(23)30-31-25/h3-15,18,27H,16-17H2,1-2H3,(H,29,33)(H2,28,30,31)/b6-5+. The molecule has 0 aliphatic rings. The van der Waals surface area contributed by atoms with Gasteiger partial charge in [0.05, 0.1) is 5.52 Å². The number of nitrogens with one attached hydrogen (secondary N) is 4. The minimum Gasteiger partial charge on any atom is -0.382 e. The molecule has 0 aliphatic heterocycles. The topological polar surface area (TPSA) is 85.1 Å². The quantitative estimate of drug-likeness (QED) is 0.273. The van der Waals surface area contributed by atoms with Crippen LogP contribution in [0.2, 0.25) is 0 Å². The summed E-state index contributed by atoms with van der Waals surface area (Å²) in [5.74, 6) is 0.587. The van der Waals surface area contributed by atoms with Gasteiger partial charge in [-0.15, -0.1) is 0 Å². The fraction of sp³-hybridized carbons (Fsp3) is 0.154. The summed E-state index contributed by atoms with van der Waals surface area (Å²) in [4.78, 5) is 14.8. The molecule has 7 nitrogen and oxygen atoms in total. The zero-order valence-corrected chi connectivity index (χ0v) is 18.8. The fourth-order valence-electron chi connectivity index (χ4n) is 3.36. The minimum atomic E-state index is -0.158. The molecule has 1 amide bonds. The normalized spacial score (nSPS) is 11.2. The number of aromatic amines is 1. The minimum absolute atomic E-state index is 0.158. The molecule has 4 aromatic rings. The Morgan fingerprint density at radius 1 is 0.939 bits per heavy atom. The second-order valence-corrected chi connectivity index (χ2v) is 7.97. The predicted octanol–water partition coefficient (Wildman–Crippen LogP) is 5.09. The third-order valence-electron chi connectivity index (χ3n) is 5.06. The monoisotopic (exact) mass is 440 g/mol. The number of benzene rings is 3. The Balaban J connectivity index is 1.35. The van der Waals surface area contributed by atoms with E-state index in [0.29, 0.717) is 11.3 Å². The summed E-state index contributed by atoms with van der Waals surface area (Å²) in [7, 11) is 4.07. The fourth-order valence-corrected chi connectivity index (χ4v) is 3.36. The largest absolute Gasteiger partial charge is 0.382 e. The van der Waals surface area contributed by atoms with Crippen molar-refractivity contribution in [2.75, 3.05) is 43.1 Å². The number of amides is 1. The number of hydrogen-bond donors (Lipinski definition) is 4. The number of rotatable bonds is 9. The summed E-state index contributed by atoms with van der Waals surface area (Å²) in [6.07, 6.45) is 4.21. The van der Waals surface area contributed by atoms with E-state index in [4.69, 9.17) is 0 Å². The van der Waals surface area contributed by atoms with E-state index in [-0.39, 0.29) is 5.91 Å². The third-order valence-corrected chi connectivity index (χ3v) is 5.06. The molecule has 0 fully saturated rings. The second-order valence-electron chi connectivity index (χ2n) is 7.97. The van der Waals surface area contributed by atoms with E-state index in [9.17, 15) is 4.79 Å². The van der Waals surface area contributed by atoms with Crippen molar-refractivity contribution in [3.63, 3.8) is 0 Å². The Morgan fingerprint density at radius 3 is 2.55 bits per heavy atom. The van der Waals surface area contributed by atoms with E-state index in [2.05, 4.69) is 43.2 Å². The SMILES string of the molecule is CN(C)C/C=C/CNc1ccc(C(=O)Nc2cccc(Nc3n[nH]c4ccccc34)c2)cc1. The van der Waals surface area contributed by atoms with Crippen molar-refractivity contribution in [3.8, 4) is 0 Å². The number of para-hydroxylation sites is 1. The van der Waals surface area contributed by atoms with Crippen LogP contribution in [0.4, 0.5) is 22.9 Å². The van der Waals surface area contributed by atoms with Crippen LogP contribution in [0.3, 0.4) is 0 Å². The molecule has 0 bridgehead atoms. The number of fused-ring (bicyclic) bond motifs is 1. The van der Waals surface area contributed by atoms with Gasteiger partial charge in [-0.2, -0.15) is 5.10 Å². The predicted molar refractivity (Wildman–Crippen MR) is 136 cm³/mol. The molecule has 0 aliphatic carbocycles. The molecule has 168 valence electrons. The van der Waals surface area contributed by atoms with E-state index in [1.54, 1.807) is 0 Å². The maximum atomic E-state index is 12.7. The number of carbonyl (C=O) groups excluding carboxylic acids is 1. The molecular formula is C26H28N6O. The third kappa shape index (κ3) is 5.99. The van der Waals surface area contributed by atoms with Crippen LogP contribution in [0.15, 0.2) is 84.9 Å². The van der Waals surface area contributed by atoms with E-state index >= 15 is 0 Å². The van der Waals surface area contributed by atoms with Crippen molar-refractivity contribution in [1.29, 1.82) is 0 Å². The zero-order valence-electron chi connectivity index (χ0n) is 18.8. The lowest BCUT2D eigenvalue weighted by Gasteiger charge is -2.09. The van der Waals surface area contributed by atoms with Gasteiger partial charge in [0.15, 0.2) is 5.82 Å². The molecular weight excluding hydrogens is 412 g/mol. The summed E-state index contributed by atoms with van der Waals surface area (Å²) >= 11 is 0. The molecule has 3 aromatic carbocycles. The molecule has 0 spiro atoms. The summed E-state index contributed by atoms with van der Waals surface area (Å²) in [5, 5.41) is 18.0. The number of aromatic nitrogens is 2. The molecule has 0 unspecified atom stereocenters. The molecule has 0 saturated heterocycles. The van der Waals surface area contributed by atoms with Crippen molar-refractivity contribution in [3.05, 3.63) is 90.5 Å². The highest BCUT2D eigenvalue weighted by atomic mass is 16.1.